The normalized spacial score (nSPS) is 14.4. The maximum absolute atomic E-state index is 12.8. The highest BCUT2D eigenvalue weighted by Crippen LogP contribution is 2.32. The van der Waals surface area contributed by atoms with Crippen LogP contribution in [0.3, 0.4) is 0 Å². The Hall–Kier alpha value is -3.04. The number of hydrogen-bond donors (Lipinski definition) is 2. The van der Waals surface area contributed by atoms with Gasteiger partial charge in [0.05, 0.1) is 24.2 Å². The van der Waals surface area contributed by atoms with Gasteiger partial charge in [-0.15, -0.1) is 11.3 Å². The van der Waals surface area contributed by atoms with Crippen LogP contribution in [-0.4, -0.2) is 27.5 Å². The molecule has 0 radical (unpaired) electrons. The topological polar surface area (TPSA) is 93.7 Å². The number of ether oxygens (including phenoxy) is 2. The van der Waals surface area contributed by atoms with Crippen molar-refractivity contribution in [3.8, 4) is 11.5 Å². The maximum atomic E-state index is 12.8. The SMILES string of the molecule is C[C@H](NC(=O)c1ccc(NS(=O)(=O)c2ccc3c(c2)OCCCO3)cc1)c1cccs1. The van der Waals surface area contributed by atoms with E-state index in [1.165, 1.54) is 12.1 Å². The number of hydrogen-bond acceptors (Lipinski definition) is 6. The lowest BCUT2D eigenvalue weighted by molar-refractivity contribution is 0.0940. The van der Waals surface area contributed by atoms with E-state index in [0.717, 1.165) is 11.3 Å². The van der Waals surface area contributed by atoms with Crippen molar-refractivity contribution in [3.05, 3.63) is 70.4 Å². The fraction of sp³-hybridized carbons (Fsp3) is 0.227. The monoisotopic (exact) mass is 458 g/mol. The summed E-state index contributed by atoms with van der Waals surface area (Å²) in [5, 5.41) is 4.89. The Morgan fingerprint density at radius 3 is 2.48 bits per heavy atom. The number of rotatable bonds is 6. The van der Waals surface area contributed by atoms with Gasteiger partial charge in [0, 0.05) is 28.6 Å². The molecule has 0 spiro atoms. The first-order valence-electron chi connectivity index (χ1n) is 9.79. The van der Waals surface area contributed by atoms with Crippen LogP contribution in [0.25, 0.3) is 0 Å². The smallest absolute Gasteiger partial charge is 0.262 e. The molecule has 4 rings (SSSR count). The largest absolute Gasteiger partial charge is 0.490 e. The number of benzene rings is 2. The summed E-state index contributed by atoms with van der Waals surface area (Å²) in [5.41, 5.74) is 0.803. The van der Waals surface area contributed by atoms with E-state index < -0.39 is 10.0 Å². The molecule has 1 aliphatic heterocycles. The molecule has 162 valence electrons. The summed E-state index contributed by atoms with van der Waals surface area (Å²) in [6.45, 7) is 2.92. The van der Waals surface area contributed by atoms with Crippen molar-refractivity contribution in [2.45, 2.75) is 24.3 Å². The van der Waals surface area contributed by atoms with Gasteiger partial charge in [0.15, 0.2) is 11.5 Å². The number of carbonyl (C=O) groups excluding carboxylic acids is 1. The number of anilines is 1. The summed E-state index contributed by atoms with van der Waals surface area (Å²) in [5.74, 6) is 0.717. The molecular weight excluding hydrogens is 436 g/mol. The Bertz CT molecular complexity index is 1160. The Morgan fingerprint density at radius 1 is 1.03 bits per heavy atom. The highest BCUT2D eigenvalue weighted by atomic mass is 32.2. The minimum atomic E-state index is -3.83. The Balaban J connectivity index is 1.44. The molecule has 0 unspecified atom stereocenters. The van der Waals surface area contributed by atoms with E-state index in [2.05, 4.69) is 10.0 Å². The number of sulfonamides is 1. The third kappa shape index (κ3) is 5.00. The zero-order chi connectivity index (χ0) is 21.8. The molecule has 0 fully saturated rings. The molecule has 0 saturated carbocycles. The fourth-order valence-electron chi connectivity index (χ4n) is 3.10. The Labute approximate surface area is 185 Å². The van der Waals surface area contributed by atoms with Crippen molar-refractivity contribution in [3.63, 3.8) is 0 Å². The molecule has 1 aromatic heterocycles. The molecule has 2 N–H and O–H groups in total. The summed E-state index contributed by atoms with van der Waals surface area (Å²) in [7, 11) is -3.83. The lowest BCUT2D eigenvalue weighted by Crippen LogP contribution is -2.26. The lowest BCUT2D eigenvalue weighted by atomic mass is 10.2. The van der Waals surface area contributed by atoms with E-state index in [0.29, 0.717) is 36.0 Å². The molecule has 1 amide bonds. The van der Waals surface area contributed by atoms with Crippen LogP contribution in [0.4, 0.5) is 5.69 Å². The van der Waals surface area contributed by atoms with Crippen LogP contribution in [-0.2, 0) is 10.0 Å². The van der Waals surface area contributed by atoms with Crippen molar-refractivity contribution in [2.75, 3.05) is 17.9 Å². The standard InChI is InChI=1S/C22H22N2O5S2/c1-15(21-4-2-13-30-21)23-22(25)16-5-7-17(8-6-16)24-31(26,27)18-9-10-19-20(14-18)29-12-3-11-28-19/h2,4-10,13-15,24H,3,11-12H2,1H3,(H,23,25)/t15-/m0/s1. The van der Waals surface area contributed by atoms with Crippen molar-refractivity contribution >= 4 is 33.0 Å². The molecule has 2 aromatic carbocycles. The molecule has 0 aliphatic carbocycles. The van der Waals surface area contributed by atoms with Crippen LogP contribution >= 0.6 is 11.3 Å². The van der Waals surface area contributed by atoms with E-state index in [-0.39, 0.29) is 16.8 Å². The average molecular weight is 459 g/mol. The van der Waals surface area contributed by atoms with Crippen LogP contribution in [0.15, 0.2) is 64.9 Å². The Morgan fingerprint density at radius 2 is 1.77 bits per heavy atom. The third-order valence-electron chi connectivity index (χ3n) is 4.75. The van der Waals surface area contributed by atoms with Gasteiger partial charge in [-0.25, -0.2) is 8.42 Å². The molecule has 2 heterocycles. The highest BCUT2D eigenvalue weighted by molar-refractivity contribution is 7.92. The molecule has 3 aromatic rings. The summed E-state index contributed by atoms with van der Waals surface area (Å²) in [6, 6.07) is 14.6. The average Bonchev–Trinajstić information content (AvgIpc) is 3.19. The number of amides is 1. The summed E-state index contributed by atoms with van der Waals surface area (Å²) >= 11 is 1.58. The fourth-order valence-corrected chi connectivity index (χ4v) is 4.91. The van der Waals surface area contributed by atoms with Gasteiger partial charge in [0.1, 0.15) is 0 Å². The number of fused-ring (bicyclic) bond motifs is 1. The quantitative estimate of drug-likeness (QED) is 0.577. The van der Waals surface area contributed by atoms with Gasteiger partial charge in [-0.2, -0.15) is 0 Å². The van der Waals surface area contributed by atoms with Crippen molar-refractivity contribution in [1.29, 1.82) is 0 Å². The molecular formula is C22H22N2O5S2. The van der Waals surface area contributed by atoms with Gasteiger partial charge in [0.25, 0.3) is 15.9 Å². The van der Waals surface area contributed by atoms with Crippen LogP contribution in [0.2, 0.25) is 0 Å². The number of carbonyl (C=O) groups is 1. The summed E-state index contributed by atoms with van der Waals surface area (Å²) in [6.07, 6.45) is 0.737. The van der Waals surface area contributed by atoms with Crippen molar-refractivity contribution in [2.24, 2.45) is 0 Å². The predicted molar refractivity (Wildman–Crippen MR) is 119 cm³/mol. The zero-order valence-electron chi connectivity index (χ0n) is 16.8. The van der Waals surface area contributed by atoms with Crippen molar-refractivity contribution < 1.29 is 22.7 Å². The second kappa shape index (κ2) is 8.99. The minimum Gasteiger partial charge on any atom is -0.490 e. The van der Waals surface area contributed by atoms with E-state index in [9.17, 15) is 13.2 Å². The van der Waals surface area contributed by atoms with E-state index >= 15 is 0 Å². The third-order valence-corrected chi connectivity index (χ3v) is 7.18. The van der Waals surface area contributed by atoms with Gasteiger partial charge in [0.2, 0.25) is 0 Å². The van der Waals surface area contributed by atoms with Crippen LogP contribution in [0, 0.1) is 0 Å². The van der Waals surface area contributed by atoms with Gasteiger partial charge in [-0.05, 0) is 54.8 Å². The molecule has 0 saturated heterocycles. The zero-order valence-corrected chi connectivity index (χ0v) is 18.5. The molecule has 0 bridgehead atoms. The van der Waals surface area contributed by atoms with Crippen LogP contribution in [0.1, 0.15) is 34.6 Å². The first kappa shape index (κ1) is 21.2. The maximum Gasteiger partial charge on any atom is 0.262 e. The predicted octanol–water partition coefficient (Wildman–Crippen LogP) is 4.20. The van der Waals surface area contributed by atoms with E-state index in [1.54, 1.807) is 41.7 Å². The molecule has 7 nitrogen and oxygen atoms in total. The van der Waals surface area contributed by atoms with E-state index in [1.807, 2.05) is 24.4 Å². The van der Waals surface area contributed by atoms with Gasteiger partial charge in [-0.1, -0.05) is 6.07 Å². The number of thiophene rings is 1. The molecule has 9 heteroatoms. The highest BCUT2D eigenvalue weighted by Gasteiger charge is 2.19. The number of nitrogens with one attached hydrogen (secondary N) is 2. The molecule has 1 aliphatic rings. The first-order chi connectivity index (χ1) is 14.9. The first-order valence-corrected chi connectivity index (χ1v) is 12.2. The molecule has 31 heavy (non-hydrogen) atoms. The lowest BCUT2D eigenvalue weighted by Gasteiger charge is -2.13. The van der Waals surface area contributed by atoms with Crippen molar-refractivity contribution in [1.82, 2.24) is 5.32 Å². The second-order valence-corrected chi connectivity index (χ2v) is 9.71. The van der Waals surface area contributed by atoms with Crippen LogP contribution in [0.5, 0.6) is 11.5 Å². The van der Waals surface area contributed by atoms with Gasteiger partial charge in [-0.3, -0.25) is 9.52 Å². The van der Waals surface area contributed by atoms with Crippen LogP contribution < -0.4 is 19.5 Å². The van der Waals surface area contributed by atoms with Gasteiger partial charge >= 0.3 is 0 Å². The van der Waals surface area contributed by atoms with E-state index in [4.69, 9.17) is 9.47 Å². The summed E-state index contributed by atoms with van der Waals surface area (Å²) < 4.78 is 39.2. The second-order valence-electron chi connectivity index (χ2n) is 7.05. The minimum absolute atomic E-state index is 0.0725. The summed E-state index contributed by atoms with van der Waals surface area (Å²) in [4.78, 5) is 13.6. The Kier molecular flexibility index (Phi) is 6.15. The molecule has 1 atom stereocenters. The van der Waals surface area contributed by atoms with Gasteiger partial charge < -0.3 is 14.8 Å².